The molecule has 0 aromatic heterocycles. The third kappa shape index (κ3) is 6.95. The van der Waals surface area contributed by atoms with Crippen molar-refractivity contribution in [2.75, 3.05) is 26.0 Å². The van der Waals surface area contributed by atoms with Gasteiger partial charge in [-0.1, -0.05) is 12.1 Å². The van der Waals surface area contributed by atoms with Crippen LogP contribution in [0.3, 0.4) is 0 Å². The summed E-state index contributed by atoms with van der Waals surface area (Å²) in [5.41, 5.74) is 1.09. The summed E-state index contributed by atoms with van der Waals surface area (Å²) in [5, 5.41) is 2.55. The van der Waals surface area contributed by atoms with Gasteiger partial charge in [0, 0.05) is 18.8 Å². The second-order valence-electron chi connectivity index (χ2n) is 6.66. The Morgan fingerprint density at radius 1 is 1.17 bits per heavy atom. The van der Waals surface area contributed by atoms with Crippen molar-refractivity contribution in [2.45, 2.75) is 20.0 Å². The number of carbonyl (C=O) groups excluding carboxylic acids is 2. The van der Waals surface area contributed by atoms with Gasteiger partial charge in [0.1, 0.15) is 5.82 Å². The molecule has 0 saturated heterocycles. The van der Waals surface area contributed by atoms with Gasteiger partial charge in [-0.15, -0.1) is 0 Å². The summed E-state index contributed by atoms with van der Waals surface area (Å²) in [7, 11) is 3.06. The molecule has 0 radical (unpaired) electrons. The fourth-order valence-corrected chi connectivity index (χ4v) is 2.49. The van der Waals surface area contributed by atoms with Crippen molar-refractivity contribution in [2.24, 2.45) is 0 Å². The van der Waals surface area contributed by atoms with Crippen molar-refractivity contribution in [3.63, 3.8) is 0 Å². The van der Waals surface area contributed by atoms with E-state index in [4.69, 9.17) is 9.47 Å². The highest BCUT2D eigenvalue weighted by Gasteiger charge is 2.12. The van der Waals surface area contributed by atoms with Gasteiger partial charge in [0.2, 0.25) is 11.8 Å². The zero-order valence-electron chi connectivity index (χ0n) is 16.9. The Labute approximate surface area is 169 Å². The van der Waals surface area contributed by atoms with Crippen LogP contribution in [0.4, 0.5) is 10.1 Å². The molecule has 0 aliphatic rings. The maximum atomic E-state index is 13.2. The number of ether oxygens (including phenoxy) is 2. The predicted octanol–water partition coefficient (Wildman–Crippen LogP) is 3.73. The van der Waals surface area contributed by atoms with E-state index in [-0.39, 0.29) is 18.6 Å². The predicted molar refractivity (Wildman–Crippen MR) is 110 cm³/mol. The maximum Gasteiger partial charge on any atom is 0.246 e. The first-order valence-corrected chi connectivity index (χ1v) is 9.11. The minimum atomic E-state index is -0.449. The molecule has 0 fully saturated rings. The van der Waals surface area contributed by atoms with Crippen LogP contribution in [0, 0.1) is 5.82 Å². The number of carbonyl (C=O) groups is 2. The van der Waals surface area contributed by atoms with E-state index in [1.165, 1.54) is 36.2 Å². The number of nitrogens with one attached hydrogen (secondary N) is 1. The number of likely N-dealkylation sites (N-methyl/N-ethyl adjacent to an activating group) is 1. The Kier molecular flexibility index (Phi) is 7.77. The van der Waals surface area contributed by atoms with Gasteiger partial charge >= 0.3 is 0 Å². The van der Waals surface area contributed by atoms with Crippen LogP contribution in [0.25, 0.3) is 6.08 Å². The number of halogens is 1. The average Bonchev–Trinajstić information content (AvgIpc) is 2.66. The topological polar surface area (TPSA) is 67.9 Å². The number of rotatable bonds is 8. The van der Waals surface area contributed by atoms with E-state index in [9.17, 15) is 14.0 Å². The van der Waals surface area contributed by atoms with Crippen molar-refractivity contribution < 1.29 is 23.5 Å². The van der Waals surface area contributed by atoms with Crippen LogP contribution in [0.2, 0.25) is 0 Å². The quantitative estimate of drug-likeness (QED) is 0.686. The van der Waals surface area contributed by atoms with E-state index >= 15 is 0 Å². The summed E-state index contributed by atoms with van der Waals surface area (Å²) < 4.78 is 24.2. The second-order valence-corrected chi connectivity index (χ2v) is 6.66. The van der Waals surface area contributed by atoms with E-state index in [1.54, 1.807) is 37.5 Å². The molecule has 0 unspecified atom stereocenters. The highest BCUT2D eigenvalue weighted by atomic mass is 19.1. The van der Waals surface area contributed by atoms with Crippen molar-refractivity contribution in [1.82, 2.24) is 4.90 Å². The Hall–Kier alpha value is -3.35. The van der Waals surface area contributed by atoms with Gasteiger partial charge in [-0.2, -0.15) is 0 Å². The third-order valence-electron chi connectivity index (χ3n) is 3.83. The molecular weight excluding hydrogens is 375 g/mol. The summed E-state index contributed by atoms with van der Waals surface area (Å²) in [6, 6.07) is 10.9. The lowest BCUT2D eigenvalue weighted by molar-refractivity contribution is -0.129. The van der Waals surface area contributed by atoms with Crippen molar-refractivity contribution in [3.05, 3.63) is 59.9 Å². The fraction of sp³-hybridized carbons (Fsp3) is 0.273. The monoisotopic (exact) mass is 400 g/mol. The molecule has 0 aliphatic carbocycles. The second kappa shape index (κ2) is 10.3. The van der Waals surface area contributed by atoms with Gasteiger partial charge < -0.3 is 19.7 Å². The minimum Gasteiger partial charge on any atom is -0.493 e. The molecule has 7 heteroatoms. The van der Waals surface area contributed by atoms with Gasteiger partial charge in [-0.25, -0.2) is 4.39 Å². The van der Waals surface area contributed by atoms with Crippen LogP contribution in [-0.2, 0) is 9.59 Å². The highest BCUT2D eigenvalue weighted by molar-refractivity contribution is 5.97. The van der Waals surface area contributed by atoms with Crippen LogP contribution in [0.1, 0.15) is 19.4 Å². The van der Waals surface area contributed by atoms with Crippen LogP contribution in [0.5, 0.6) is 11.5 Å². The van der Waals surface area contributed by atoms with E-state index < -0.39 is 11.7 Å². The lowest BCUT2D eigenvalue weighted by Gasteiger charge is -2.15. The van der Waals surface area contributed by atoms with Gasteiger partial charge in [-0.05, 0) is 55.8 Å². The van der Waals surface area contributed by atoms with Crippen LogP contribution < -0.4 is 14.8 Å². The summed E-state index contributed by atoms with van der Waals surface area (Å²) in [6.45, 7) is 3.68. The molecule has 0 atom stereocenters. The summed E-state index contributed by atoms with van der Waals surface area (Å²) in [5.74, 6) is -0.0267. The molecule has 0 spiro atoms. The Morgan fingerprint density at radius 3 is 2.59 bits per heavy atom. The normalized spacial score (nSPS) is 10.8. The third-order valence-corrected chi connectivity index (χ3v) is 3.83. The number of hydrogen-bond acceptors (Lipinski definition) is 4. The molecule has 0 aliphatic heterocycles. The van der Waals surface area contributed by atoms with Crippen molar-refractivity contribution >= 4 is 23.6 Å². The van der Waals surface area contributed by atoms with Gasteiger partial charge in [-0.3, -0.25) is 9.59 Å². The van der Waals surface area contributed by atoms with Crippen molar-refractivity contribution in [1.29, 1.82) is 0 Å². The number of amides is 2. The number of nitrogens with zero attached hydrogens (tertiary/aromatic N) is 1. The lowest BCUT2D eigenvalue weighted by Crippen LogP contribution is -2.33. The standard InChI is InChI=1S/C22H25FN2O4/c1-15(2)29-19-10-8-16(12-20(19)28-4)9-11-22(27)25(3)14-21(26)24-18-7-5-6-17(23)13-18/h5-13,15H,14H2,1-4H3,(H,24,26)/b11-9+. The summed E-state index contributed by atoms with van der Waals surface area (Å²) >= 11 is 0. The van der Waals surface area contributed by atoms with E-state index in [1.807, 2.05) is 13.8 Å². The number of methoxy groups -OCH3 is 1. The molecule has 0 saturated carbocycles. The Bertz CT molecular complexity index is 896. The van der Waals surface area contributed by atoms with E-state index in [0.717, 1.165) is 5.56 Å². The maximum absolute atomic E-state index is 13.2. The molecule has 1 N–H and O–H groups in total. The Morgan fingerprint density at radius 2 is 1.93 bits per heavy atom. The zero-order valence-corrected chi connectivity index (χ0v) is 16.9. The largest absolute Gasteiger partial charge is 0.493 e. The molecule has 2 rings (SSSR count). The summed E-state index contributed by atoms with van der Waals surface area (Å²) in [6.07, 6.45) is 3.01. The first-order chi connectivity index (χ1) is 13.8. The van der Waals surface area contributed by atoms with Crippen LogP contribution in [0.15, 0.2) is 48.5 Å². The molecule has 2 amide bonds. The molecule has 29 heavy (non-hydrogen) atoms. The molecule has 0 bridgehead atoms. The van der Waals surface area contributed by atoms with E-state index in [2.05, 4.69) is 5.32 Å². The molecule has 6 nitrogen and oxygen atoms in total. The number of hydrogen-bond donors (Lipinski definition) is 1. The molecule has 154 valence electrons. The minimum absolute atomic E-state index is 0.0130. The highest BCUT2D eigenvalue weighted by Crippen LogP contribution is 2.29. The Balaban J connectivity index is 1.96. The van der Waals surface area contributed by atoms with Crippen LogP contribution in [-0.4, -0.2) is 43.5 Å². The smallest absolute Gasteiger partial charge is 0.246 e. The zero-order chi connectivity index (χ0) is 21.4. The fourth-order valence-electron chi connectivity index (χ4n) is 2.49. The molecule has 0 heterocycles. The van der Waals surface area contributed by atoms with Gasteiger partial charge in [0.25, 0.3) is 0 Å². The number of anilines is 1. The van der Waals surface area contributed by atoms with Crippen molar-refractivity contribution in [3.8, 4) is 11.5 Å². The van der Waals surface area contributed by atoms with Crippen LogP contribution >= 0.6 is 0 Å². The molecule has 2 aromatic carbocycles. The first-order valence-electron chi connectivity index (χ1n) is 9.11. The summed E-state index contributed by atoms with van der Waals surface area (Å²) in [4.78, 5) is 25.6. The lowest BCUT2D eigenvalue weighted by atomic mass is 10.2. The average molecular weight is 400 g/mol. The molecule has 2 aromatic rings. The van der Waals surface area contributed by atoms with Gasteiger partial charge in [0.05, 0.1) is 19.8 Å². The number of benzene rings is 2. The SMILES string of the molecule is COc1cc(/C=C/C(=O)N(C)CC(=O)Nc2cccc(F)c2)ccc1OC(C)C. The van der Waals surface area contributed by atoms with Gasteiger partial charge in [0.15, 0.2) is 11.5 Å². The first kappa shape index (κ1) is 21.9. The molecular formula is C22H25FN2O4. The van der Waals surface area contributed by atoms with E-state index in [0.29, 0.717) is 17.2 Å².